The summed E-state index contributed by atoms with van der Waals surface area (Å²) >= 11 is 0. The average Bonchev–Trinajstić information content (AvgIpc) is 2.76. The lowest BCUT2D eigenvalue weighted by atomic mass is 10.1. The van der Waals surface area contributed by atoms with E-state index >= 15 is 0 Å². The molecule has 0 amide bonds. The van der Waals surface area contributed by atoms with Crippen LogP contribution in [0.25, 0.3) is 11.4 Å². The van der Waals surface area contributed by atoms with E-state index in [9.17, 15) is 13.2 Å². The van der Waals surface area contributed by atoms with Crippen molar-refractivity contribution in [2.75, 3.05) is 5.73 Å². The molecule has 0 saturated heterocycles. The maximum absolute atomic E-state index is 12.6. The lowest BCUT2D eigenvalue weighted by molar-refractivity contribution is -0.137. The van der Waals surface area contributed by atoms with Gasteiger partial charge in [-0.2, -0.15) is 18.3 Å². The Kier molecular flexibility index (Phi) is 2.98. The molecule has 1 heterocycles. The molecule has 2 rings (SSSR count). The number of anilines is 1. The highest BCUT2D eigenvalue weighted by molar-refractivity contribution is 5.72. The third-order valence-electron chi connectivity index (χ3n) is 2.49. The standard InChI is InChI=1S/C11H11F3N4/c1-2-9-16-10(18-17-9)7-5-6(11(12,13)14)3-4-8(7)15/h3-5H,2,15H2,1H3,(H,16,17,18). The number of nitrogen functional groups attached to an aromatic ring is 1. The zero-order valence-electron chi connectivity index (χ0n) is 9.54. The summed E-state index contributed by atoms with van der Waals surface area (Å²) in [6.07, 6.45) is -3.79. The van der Waals surface area contributed by atoms with E-state index in [4.69, 9.17) is 5.73 Å². The Balaban J connectivity index is 2.49. The number of benzene rings is 1. The topological polar surface area (TPSA) is 67.6 Å². The minimum atomic E-state index is -4.41. The molecular formula is C11H11F3N4. The number of nitrogens with zero attached hydrogens (tertiary/aromatic N) is 2. The van der Waals surface area contributed by atoms with Gasteiger partial charge in [0.15, 0.2) is 5.82 Å². The van der Waals surface area contributed by atoms with E-state index in [1.807, 2.05) is 6.92 Å². The molecule has 1 aromatic heterocycles. The monoisotopic (exact) mass is 256 g/mol. The number of alkyl halides is 3. The maximum atomic E-state index is 12.6. The first-order valence-electron chi connectivity index (χ1n) is 5.30. The number of rotatable bonds is 2. The van der Waals surface area contributed by atoms with Gasteiger partial charge in [0.2, 0.25) is 0 Å². The minimum absolute atomic E-state index is 0.176. The number of halogens is 3. The first-order valence-corrected chi connectivity index (χ1v) is 5.30. The number of aryl methyl sites for hydroxylation is 1. The van der Waals surface area contributed by atoms with Crippen LogP contribution >= 0.6 is 0 Å². The fourth-order valence-corrected chi connectivity index (χ4v) is 1.50. The Morgan fingerprint density at radius 2 is 2.06 bits per heavy atom. The molecule has 1 aromatic carbocycles. The van der Waals surface area contributed by atoms with Crippen LogP contribution < -0.4 is 5.73 Å². The highest BCUT2D eigenvalue weighted by Crippen LogP contribution is 2.33. The van der Waals surface area contributed by atoms with Gasteiger partial charge in [0.05, 0.1) is 5.56 Å². The van der Waals surface area contributed by atoms with Gasteiger partial charge in [0.1, 0.15) is 5.82 Å². The molecule has 0 spiro atoms. The van der Waals surface area contributed by atoms with E-state index in [0.717, 1.165) is 12.1 Å². The van der Waals surface area contributed by atoms with Crippen molar-refractivity contribution in [1.82, 2.24) is 15.2 Å². The Bertz CT molecular complexity index is 560. The van der Waals surface area contributed by atoms with E-state index < -0.39 is 11.7 Å². The van der Waals surface area contributed by atoms with Gasteiger partial charge in [0.25, 0.3) is 0 Å². The normalized spacial score (nSPS) is 11.8. The number of H-pyrrole nitrogens is 1. The third kappa shape index (κ3) is 2.29. The highest BCUT2D eigenvalue weighted by atomic mass is 19.4. The molecule has 0 bridgehead atoms. The van der Waals surface area contributed by atoms with Crippen LogP contribution in [0.3, 0.4) is 0 Å². The van der Waals surface area contributed by atoms with Gasteiger partial charge in [-0.1, -0.05) is 6.92 Å². The smallest absolute Gasteiger partial charge is 0.398 e. The van der Waals surface area contributed by atoms with Crippen molar-refractivity contribution in [2.24, 2.45) is 0 Å². The van der Waals surface area contributed by atoms with Crippen LogP contribution in [0.4, 0.5) is 18.9 Å². The Morgan fingerprint density at radius 1 is 1.33 bits per heavy atom. The molecule has 7 heteroatoms. The van der Waals surface area contributed by atoms with Gasteiger partial charge in [-0.15, -0.1) is 0 Å². The van der Waals surface area contributed by atoms with Gasteiger partial charge in [-0.05, 0) is 18.2 Å². The molecule has 0 saturated carbocycles. The van der Waals surface area contributed by atoms with Crippen molar-refractivity contribution >= 4 is 5.69 Å². The van der Waals surface area contributed by atoms with E-state index in [0.29, 0.717) is 12.2 Å². The zero-order valence-corrected chi connectivity index (χ0v) is 9.54. The van der Waals surface area contributed by atoms with Gasteiger partial charge in [-0.25, -0.2) is 4.98 Å². The Morgan fingerprint density at radius 3 is 2.61 bits per heavy atom. The fraction of sp³-hybridized carbons (Fsp3) is 0.273. The predicted molar refractivity (Wildman–Crippen MR) is 60.6 cm³/mol. The number of nitrogens with two attached hydrogens (primary N) is 1. The summed E-state index contributed by atoms with van der Waals surface area (Å²) in [6, 6.07) is 3.10. The van der Waals surface area contributed by atoms with Crippen molar-refractivity contribution < 1.29 is 13.2 Å². The van der Waals surface area contributed by atoms with E-state index in [-0.39, 0.29) is 17.1 Å². The molecule has 0 fully saturated rings. The number of aromatic amines is 1. The quantitative estimate of drug-likeness (QED) is 0.811. The van der Waals surface area contributed by atoms with Gasteiger partial charge >= 0.3 is 6.18 Å². The van der Waals surface area contributed by atoms with E-state index in [1.54, 1.807) is 0 Å². The summed E-state index contributed by atoms with van der Waals surface area (Å²) in [6.45, 7) is 1.86. The van der Waals surface area contributed by atoms with Crippen LogP contribution in [0.5, 0.6) is 0 Å². The average molecular weight is 256 g/mol. The van der Waals surface area contributed by atoms with Crippen LogP contribution in [0, 0.1) is 0 Å². The van der Waals surface area contributed by atoms with E-state index in [2.05, 4.69) is 15.2 Å². The first kappa shape index (κ1) is 12.4. The summed E-state index contributed by atoms with van der Waals surface area (Å²) in [5.41, 5.74) is 5.28. The molecule has 0 aliphatic rings. The number of hydrogen-bond acceptors (Lipinski definition) is 3. The molecule has 96 valence electrons. The van der Waals surface area contributed by atoms with Crippen molar-refractivity contribution in [2.45, 2.75) is 19.5 Å². The van der Waals surface area contributed by atoms with Gasteiger partial charge in [-0.3, -0.25) is 5.10 Å². The lowest BCUT2D eigenvalue weighted by Crippen LogP contribution is -2.06. The molecule has 3 N–H and O–H groups in total. The summed E-state index contributed by atoms with van der Waals surface area (Å²) in [4.78, 5) is 4.07. The van der Waals surface area contributed by atoms with Crippen molar-refractivity contribution in [3.63, 3.8) is 0 Å². The minimum Gasteiger partial charge on any atom is -0.398 e. The van der Waals surface area contributed by atoms with Crippen LogP contribution in [0.15, 0.2) is 18.2 Å². The number of aromatic nitrogens is 3. The maximum Gasteiger partial charge on any atom is 0.416 e. The van der Waals surface area contributed by atoms with Crippen LogP contribution in [-0.2, 0) is 12.6 Å². The van der Waals surface area contributed by atoms with Crippen LogP contribution in [0.1, 0.15) is 18.3 Å². The molecule has 0 aliphatic carbocycles. The van der Waals surface area contributed by atoms with Crippen molar-refractivity contribution in [1.29, 1.82) is 0 Å². The largest absolute Gasteiger partial charge is 0.416 e. The van der Waals surface area contributed by atoms with Crippen molar-refractivity contribution in [3.05, 3.63) is 29.6 Å². The summed E-state index contributed by atoms with van der Waals surface area (Å²) in [5, 5.41) is 6.50. The van der Waals surface area contributed by atoms with Gasteiger partial charge < -0.3 is 5.73 Å². The second-order valence-electron chi connectivity index (χ2n) is 3.76. The Hall–Kier alpha value is -2.05. The summed E-state index contributed by atoms with van der Waals surface area (Å²) < 4.78 is 37.8. The SMILES string of the molecule is CCc1nc(-c2cc(C(F)(F)F)ccc2N)n[nH]1. The molecule has 0 radical (unpaired) electrons. The third-order valence-corrected chi connectivity index (χ3v) is 2.49. The Labute approximate surface area is 101 Å². The van der Waals surface area contributed by atoms with Crippen molar-refractivity contribution in [3.8, 4) is 11.4 Å². The molecule has 18 heavy (non-hydrogen) atoms. The molecule has 2 aromatic rings. The second kappa shape index (κ2) is 4.32. The van der Waals surface area contributed by atoms with Gasteiger partial charge in [0, 0.05) is 17.7 Å². The van der Waals surface area contributed by atoms with Crippen LogP contribution in [-0.4, -0.2) is 15.2 Å². The van der Waals surface area contributed by atoms with Crippen LogP contribution in [0.2, 0.25) is 0 Å². The summed E-state index contributed by atoms with van der Waals surface area (Å²) in [7, 11) is 0. The number of hydrogen-bond donors (Lipinski definition) is 2. The van der Waals surface area contributed by atoms with E-state index in [1.165, 1.54) is 6.07 Å². The molecular weight excluding hydrogens is 245 g/mol. The highest BCUT2D eigenvalue weighted by Gasteiger charge is 2.31. The molecule has 0 atom stereocenters. The first-order chi connectivity index (χ1) is 8.41. The zero-order chi connectivity index (χ0) is 13.3. The number of nitrogens with one attached hydrogen (secondary N) is 1. The molecule has 4 nitrogen and oxygen atoms in total. The lowest BCUT2D eigenvalue weighted by Gasteiger charge is -2.09. The predicted octanol–water partition coefficient (Wildman–Crippen LogP) is 2.64. The molecule has 0 unspecified atom stereocenters. The summed E-state index contributed by atoms with van der Waals surface area (Å²) in [5.74, 6) is 0.775. The second-order valence-corrected chi connectivity index (χ2v) is 3.76. The fourth-order valence-electron chi connectivity index (χ4n) is 1.50. The molecule has 0 aliphatic heterocycles.